The van der Waals surface area contributed by atoms with Crippen molar-refractivity contribution in [1.82, 2.24) is 9.55 Å². The summed E-state index contributed by atoms with van der Waals surface area (Å²) in [5.41, 5.74) is -2.11. The van der Waals surface area contributed by atoms with E-state index >= 15 is 0 Å². The highest BCUT2D eigenvalue weighted by Crippen LogP contribution is 2.20. The fourth-order valence-electron chi connectivity index (χ4n) is 1.40. The predicted molar refractivity (Wildman–Crippen MR) is 59.9 cm³/mol. The van der Waals surface area contributed by atoms with E-state index in [4.69, 9.17) is 5.26 Å². The molecule has 0 aliphatic carbocycles. The number of aryl methyl sites for hydroxylation is 1. The Balaban J connectivity index is 2.72. The van der Waals surface area contributed by atoms with E-state index < -0.39 is 22.5 Å². The van der Waals surface area contributed by atoms with Gasteiger partial charge in [0.05, 0.1) is 17.7 Å². The van der Waals surface area contributed by atoms with E-state index in [-0.39, 0.29) is 6.54 Å². The molecule has 0 fully saturated rings. The molecule has 0 radical (unpaired) electrons. The van der Waals surface area contributed by atoms with Gasteiger partial charge in [0.25, 0.3) is 5.56 Å². The second-order valence-electron chi connectivity index (χ2n) is 4.53. The minimum Gasteiger partial charge on any atom is -0.298 e. The highest BCUT2D eigenvalue weighted by Gasteiger charge is 2.16. The van der Waals surface area contributed by atoms with Gasteiger partial charge in [0.2, 0.25) is 5.82 Å². The summed E-state index contributed by atoms with van der Waals surface area (Å²) >= 11 is 0. The normalized spacial score (nSPS) is 11.2. The summed E-state index contributed by atoms with van der Waals surface area (Å²) in [4.78, 5) is 24.0. The second-order valence-corrected chi connectivity index (χ2v) is 4.53. The van der Waals surface area contributed by atoms with Gasteiger partial charge in [-0.1, -0.05) is 0 Å². The maximum atomic E-state index is 12.9. The number of hydrogen-bond acceptors (Lipinski definition) is 3. The van der Waals surface area contributed by atoms with Crippen molar-refractivity contribution in [2.24, 2.45) is 5.41 Å². The van der Waals surface area contributed by atoms with Crippen molar-refractivity contribution in [3.05, 3.63) is 32.9 Å². The van der Waals surface area contributed by atoms with Crippen molar-refractivity contribution in [3.63, 3.8) is 0 Å². The quantitative estimate of drug-likeness (QED) is 0.851. The number of halogens is 1. The number of aromatic nitrogens is 2. The van der Waals surface area contributed by atoms with Gasteiger partial charge in [0.1, 0.15) is 0 Å². The largest absolute Gasteiger partial charge is 0.328 e. The Morgan fingerprint density at radius 2 is 2.18 bits per heavy atom. The molecule has 1 N–H and O–H groups in total. The third-order valence-corrected chi connectivity index (χ3v) is 2.47. The molecule has 92 valence electrons. The topological polar surface area (TPSA) is 78.7 Å². The van der Waals surface area contributed by atoms with E-state index in [1.54, 1.807) is 13.8 Å². The van der Waals surface area contributed by atoms with E-state index in [1.165, 1.54) is 0 Å². The third-order valence-electron chi connectivity index (χ3n) is 2.47. The first-order valence-electron chi connectivity index (χ1n) is 5.26. The Bertz CT molecular complexity index is 551. The molecule has 0 saturated carbocycles. The first-order valence-corrected chi connectivity index (χ1v) is 5.26. The lowest BCUT2D eigenvalue weighted by Crippen LogP contribution is -2.31. The summed E-state index contributed by atoms with van der Waals surface area (Å²) in [7, 11) is 0. The molecule has 17 heavy (non-hydrogen) atoms. The molecule has 0 unspecified atom stereocenters. The van der Waals surface area contributed by atoms with Crippen LogP contribution in [0.3, 0.4) is 0 Å². The lowest BCUT2D eigenvalue weighted by atomic mass is 9.90. The molecule has 1 heterocycles. The molecule has 0 aliphatic rings. The molecule has 5 nitrogen and oxygen atoms in total. The molecule has 1 rings (SSSR count). The van der Waals surface area contributed by atoms with Gasteiger partial charge in [0.15, 0.2) is 0 Å². The number of H-pyrrole nitrogens is 1. The standard InChI is InChI=1S/C11H14FN3O2/c1-11(2,7-13)4-3-5-15-6-8(12)9(16)14-10(15)17/h6H,3-5H2,1-2H3,(H,14,16,17). The van der Waals surface area contributed by atoms with E-state index in [0.29, 0.717) is 12.8 Å². The molecule has 0 bridgehead atoms. The monoisotopic (exact) mass is 239 g/mol. The summed E-state index contributed by atoms with van der Waals surface area (Å²) in [5.74, 6) is -0.982. The van der Waals surface area contributed by atoms with Gasteiger partial charge >= 0.3 is 5.69 Å². The summed E-state index contributed by atoms with van der Waals surface area (Å²) in [6.45, 7) is 3.87. The van der Waals surface area contributed by atoms with Crippen LogP contribution in [0.15, 0.2) is 15.8 Å². The molecule has 0 atom stereocenters. The summed E-state index contributed by atoms with van der Waals surface area (Å²) in [6.07, 6.45) is 2.04. The van der Waals surface area contributed by atoms with Crippen LogP contribution in [0.4, 0.5) is 4.39 Å². The van der Waals surface area contributed by atoms with Crippen molar-refractivity contribution in [2.75, 3.05) is 0 Å². The zero-order valence-corrected chi connectivity index (χ0v) is 9.79. The number of hydrogen-bond donors (Lipinski definition) is 1. The van der Waals surface area contributed by atoms with Crippen LogP contribution in [0.1, 0.15) is 26.7 Å². The van der Waals surface area contributed by atoms with Crippen LogP contribution in [0.5, 0.6) is 0 Å². The van der Waals surface area contributed by atoms with Crippen LogP contribution in [-0.4, -0.2) is 9.55 Å². The summed E-state index contributed by atoms with van der Waals surface area (Å²) < 4.78 is 14.0. The highest BCUT2D eigenvalue weighted by atomic mass is 19.1. The zero-order chi connectivity index (χ0) is 13.1. The van der Waals surface area contributed by atoms with Gasteiger partial charge in [0, 0.05) is 6.54 Å². The van der Waals surface area contributed by atoms with Gasteiger partial charge in [-0.3, -0.25) is 14.3 Å². The molecule has 0 aromatic carbocycles. The van der Waals surface area contributed by atoms with Crippen LogP contribution < -0.4 is 11.2 Å². The molecule has 1 aromatic rings. The zero-order valence-electron chi connectivity index (χ0n) is 9.79. The summed E-state index contributed by atoms with van der Waals surface area (Å²) in [6, 6.07) is 2.14. The average molecular weight is 239 g/mol. The minimum atomic E-state index is -1.01. The van der Waals surface area contributed by atoms with Crippen molar-refractivity contribution < 1.29 is 4.39 Å². The Kier molecular flexibility index (Phi) is 3.84. The molecular formula is C11H14FN3O2. The van der Waals surface area contributed by atoms with E-state index in [2.05, 4.69) is 6.07 Å². The number of nitrogens with one attached hydrogen (secondary N) is 1. The number of nitrogens with zero attached hydrogens (tertiary/aromatic N) is 2. The molecule has 0 saturated heterocycles. The minimum absolute atomic E-state index is 0.275. The Morgan fingerprint density at radius 1 is 1.53 bits per heavy atom. The fraction of sp³-hybridized carbons (Fsp3) is 0.545. The van der Waals surface area contributed by atoms with Crippen LogP contribution in [-0.2, 0) is 6.54 Å². The van der Waals surface area contributed by atoms with Crippen molar-refractivity contribution in [1.29, 1.82) is 5.26 Å². The Hall–Kier alpha value is -1.90. The second kappa shape index (κ2) is 4.95. The van der Waals surface area contributed by atoms with Gasteiger partial charge in [-0.15, -0.1) is 0 Å². The molecule has 1 aromatic heterocycles. The van der Waals surface area contributed by atoms with Gasteiger partial charge < -0.3 is 0 Å². The Labute approximate surface area is 97.5 Å². The fourth-order valence-corrected chi connectivity index (χ4v) is 1.40. The molecule has 6 heteroatoms. The van der Waals surface area contributed by atoms with Crippen LogP contribution >= 0.6 is 0 Å². The highest BCUT2D eigenvalue weighted by molar-refractivity contribution is 4.92. The third kappa shape index (κ3) is 3.55. The maximum Gasteiger partial charge on any atom is 0.328 e. The van der Waals surface area contributed by atoms with Crippen LogP contribution in [0.25, 0.3) is 0 Å². The van der Waals surface area contributed by atoms with Crippen LogP contribution in [0.2, 0.25) is 0 Å². The van der Waals surface area contributed by atoms with Gasteiger partial charge in [-0.05, 0) is 26.7 Å². The lowest BCUT2D eigenvalue weighted by molar-refractivity contribution is 0.408. The van der Waals surface area contributed by atoms with Crippen molar-refractivity contribution >= 4 is 0 Å². The first-order chi connectivity index (χ1) is 7.85. The molecule has 0 spiro atoms. The predicted octanol–water partition coefficient (Wildman–Crippen LogP) is 1.01. The summed E-state index contributed by atoms with van der Waals surface area (Å²) in [5, 5.41) is 8.80. The molecule has 0 amide bonds. The molecule has 0 aliphatic heterocycles. The first kappa shape index (κ1) is 13.2. The lowest BCUT2D eigenvalue weighted by Gasteiger charge is -2.14. The van der Waals surface area contributed by atoms with Crippen molar-refractivity contribution in [2.45, 2.75) is 33.2 Å². The SMILES string of the molecule is CC(C)(C#N)CCCn1cc(F)c(=O)[nH]c1=O. The van der Waals surface area contributed by atoms with Gasteiger partial charge in [-0.25, -0.2) is 4.79 Å². The smallest absolute Gasteiger partial charge is 0.298 e. The van der Waals surface area contributed by atoms with Gasteiger partial charge in [-0.2, -0.15) is 9.65 Å². The van der Waals surface area contributed by atoms with E-state index in [0.717, 1.165) is 10.8 Å². The molecular weight excluding hydrogens is 225 g/mol. The van der Waals surface area contributed by atoms with E-state index in [9.17, 15) is 14.0 Å². The number of nitriles is 1. The number of rotatable bonds is 4. The number of aromatic amines is 1. The van der Waals surface area contributed by atoms with E-state index in [1.807, 2.05) is 4.98 Å². The maximum absolute atomic E-state index is 12.9. The van der Waals surface area contributed by atoms with Crippen LogP contribution in [0, 0.1) is 22.6 Å². The van der Waals surface area contributed by atoms with Crippen molar-refractivity contribution in [3.8, 4) is 6.07 Å². The Morgan fingerprint density at radius 3 is 2.76 bits per heavy atom. The average Bonchev–Trinajstić information content (AvgIpc) is 2.25.